The van der Waals surface area contributed by atoms with E-state index in [9.17, 15) is 0 Å². The third-order valence-corrected chi connectivity index (χ3v) is 4.44. The molecule has 2 aromatic rings. The van der Waals surface area contributed by atoms with Gasteiger partial charge in [-0.05, 0) is 48.7 Å². The molecule has 0 radical (unpaired) electrons. The number of hydrogen-bond donors (Lipinski definition) is 1. The minimum atomic E-state index is 0.166. The summed E-state index contributed by atoms with van der Waals surface area (Å²) >= 11 is 18.5. The van der Waals surface area contributed by atoms with Crippen LogP contribution in [0.4, 0.5) is 0 Å². The van der Waals surface area contributed by atoms with Crippen LogP contribution in [0.1, 0.15) is 30.5 Å². The Labute approximate surface area is 141 Å². The largest absolute Gasteiger partial charge is 0.310 e. The van der Waals surface area contributed by atoms with Gasteiger partial charge in [0.05, 0.1) is 10.0 Å². The number of nitrogens with one attached hydrogen (secondary N) is 1. The molecule has 4 heteroatoms. The maximum absolute atomic E-state index is 6.30. The topological polar surface area (TPSA) is 12.0 Å². The van der Waals surface area contributed by atoms with Crippen molar-refractivity contribution >= 4 is 34.8 Å². The van der Waals surface area contributed by atoms with Crippen molar-refractivity contribution in [3.05, 3.63) is 68.7 Å². The lowest BCUT2D eigenvalue weighted by atomic mass is 9.98. The Morgan fingerprint density at radius 2 is 1.81 bits per heavy atom. The van der Waals surface area contributed by atoms with Crippen LogP contribution >= 0.6 is 34.8 Å². The van der Waals surface area contributed by atoms with Gasteiger partial charge in [-0.1, -0.05) is 66.0 Å². The molecule has 0 aliphatic rings. The molecule has 0 spiro atoms. The smallest absolute Gasteiger partial charge is 0.0624 e. The van der Waals surface area contributed by atoms with E-state index in [4.69, 9.17) is 34.8 Å². The molecule has 0 saturated carbocycles. The lowest BCUT2D eigenvalue weighted by Gasteiger charge is -2.20. The summed E-state index contributed by atoms with van der Waals surface area (Å²) in [7, 11) is 0. The second-order valence-electron chi connectivity index (χ2n) is 4.98. The first-order valence-electron chi connectivity index (χ1n) is 7.03. The maximum atomic E-state index is 6.30. The lowest BCUT2D eigenvalue weighted by Crippen LogP contribution is -2.24. The molecule has 1 atom stereocenters. The molecule has 1 nitrogen and oxygen atoms in total. The minimum Gasteiger partial charge on any atom is -0.310 e. The van der Waals surface area contributed by atoms with E-state index in [0.717, 1.165) is 35.5 Å². The third-order valence-electron chi connectivity index (χ3n) is 3.35. The average molecular weight is 343 g/mol. The average Bonchev–Trinajstić information content (AvgIpc) is 2.47. The highest BCUT2D eigenvalue weighted by atomic mass is 35.5. The number of rotatable bonds is 6. The Hall–Kier alpha value is -0.730. The first kappa shape index (κ1) is 16.6. The highest BCUT2D eigenvalue weighted by molar-refractivity contribution is 6.42. The van der Waals surface area contributed by atoms with E-state index in [1.165, 1.54) is 0 Å². The Morgan fingerprint density at radius 3 is 2.52 bits per heavy atom. The monoisotopic (exact) mass is 341 g/mol. The summed E-state index contributed by atoms with van der Waals surface area (Å²) in [6.45, 7) is 3.09. The molecule has 0 aromatic heterocycles. The predicted octanol–water partition coefficient (Wildman–Crippen LogP) is 5.93. The molecule has 1 N–H and O–H groups in total. The van der Waals surface area contributed by atoms with Crippen molar-refractivity contribution in [2.45, 2.75) is 25.8 Å². The van der Waals surface area contributed by atoms with E-state index in [1.807, 2.05) is 30.3 Å². The molecule has 0 saturated heterocycles. The molecule has 0 bridgehead atoms. The van der Waals surface area contributed by atoms with E-state index in [-0.39, 0.29) is 6.04 Å². The van der Waals surface area contributed by atoms with Crippen LogP contribution in [0.3, 0.4) is 0 Å². The summed E-state index contributed by atoms with van der Waals surface area (Å²) in [5.41, 5.74) is 2.20. The first-order valence-corrected chi connectivity index (χ1v) is 8.17. The Balaban J connectivity index is 2.26. The molecular formula is C17H18Cl3N. The fourth-order valence-corrected chi connectivity index (χ4v) is 2.87. The molecule has 112 valence electrons. The van der Waals surface area contributed by atoms with Crippen molar-refractivity contribution in [2.75, 3.05) is 6.54 Å². The van der Waals surface area contributed by atoms with E-state index in [0.29, 0.717) is 10.0 Å². The van der Waals surface area contributed by atoms with Crippen LogP contribution < -0.4 is 5.32 Å². The van der Waals surface area contributed by atoms with Crippen LogP contribution in [0, 0.1) is 0 Å². The third kappa shape index (κ3) is 4.62. The zero-order chi connectivity index (χ0) is 15.2. The normalized spacial score (nSPS) is 12.4. The number of halogens is 3. The number of benzene rings is 2. The van der Waals surface area contributed by atoms with Gasteiger partial charge >= 0.3 is 0 Å². The van der Waals surface area contributed by atoms with Gasteiger partial charge in [-0.25, -0.2) is 0 Å². The minimum absolute atomic E-state index is 0.166. The summed E-state index contributed by atoms with van der Waals surface area (Å²) in [6.07, 6.45) is 1.85. The van der Waals surface area contributed by atoms with Crippen LogP contribution in [0.5, 0.6) is 0 Å². The summed E-state index contributed by atoms with van der Waals surface area (Å²) < 4.78 is 0. The molecule has 0 amide bonds. The van der Waals surface area contributed by atoms with Gasteiger partial charge in [-0.2, -0.15) is 0 Å². The van der Waals surface area contributed by atoms with Crippen LogP contribution in [-0.4, -0.2) is 6.54 Å². The molecule has 0 aliphatic carbocycles. The van der Waals surface area contributed by atoms with Crippen molar-refractivity contribution < 1.29 is 0 Å². The maximum Gasteiger partial charge on any atom is 0.0624 e. The highest BCUT2D eigenvalue weighted by Gasteiger charge is 2.14. The highest BCUT2D eigenvalue weighted by Crippen LogP contribution is 2.29. The van der Waals surface area contributed by atoms with Crippen molar-refractivity contribution in [3.63, 3.8) is 0 Å². The first-order chi connectivity index (χ1) is 10.1. The van der Waals surface area contributed by atoms with Gasteiger partial charge in [0.2, 0.25) is 0 Å². The summed E-state index contributed by atoms with van der Waals surface area (Å²) in [5.74, 6) is 0. The van der Waals surface area contributed by atoms with Crippen molar-refractivity contribution in [1.29, 1.82) is 0 Å². The Morgan fingerprint density at radius 1 is 1.05 bits per heavy atom. The van der Waals surface area contributed by atoms with Crippen molar-refractivity contribution in [3.8, 4) is 0 Å². The fraction of sp³-hybridized carbons (Fsp3) is 0.294. The fourth-order valence-electron chi connectivity index (χ4n) is 2.28. The Kier molecular flexibility index (Phi) is 6.38. The van der Waals surface area contributed by atoms with E-state index >= 15 is 0 Å². The van der Waals surface area contributed by atoms with Gasteiger partial charge in [-0.3, -0.25) is 0 Å². The molecule has 1 unspecified atom stereocenters. The predicted molar refractivity (Wildman–Crippen MR) is 92.7 cm³/mol. The van der Waals surface area contributed by atoms with Crippen LogP contribution in [-0.2, 0) is 6.42 Å². The molecule has 2 rings (SSSR count). The molecule has 2 aromatic carbocycles. The molecule has 21 heavy (non-hydrogen) atoms. The van der Waals surface area contributed by atoms with E-state index in [1.54, 1.807) is 6.07 Å². The van der Waals surface area contributed by atoms with Gasteiger partial charge in [0, 0.05) is 11.1 Å². The zero-order valence-corrected chi connectivity index (χ0v) is 14.1. The van der Waals surface area contributed by atoms with Gasteiger partial charge in [0.25, 0.3) is 0 Å². The second-order valence-corrected chi connectivity index (χ2v) is 6.20. The number of hydrogen-bond acceptors (Lipinski definition) is 1. The van der Waals surface area contributed by atoms with Crippen LogP contribution in [0.2, 0.25) is 15.1 Å². The summed E-state index contributed by atoms with van der Waals surface area (Å²) in [4.78, 5) is 0. The molecule has 0 heterocycles. The van der Waals surface area contributed by atoms with Gasteiger partial charge < -0.3 is 5.32 Å². The quantitative estimate of drug-likeness (QED) is 0.686. The Bertz CT molecular complexity index is 598. The van der Waals surface area contributed by atoms with Gasteiger partial charge in [-0.15, -0.1) is 0 Å². The van der Waals surface area contributed by atoms with Gasteiger partial charge in [0.1, 0.15) is 0 Å². The molecular weight excluding hydrogens is 325 g/mol. The van der Waals surface area contributed by atoms with Crippen molar-refractivity contribution in [1.82, 2.24) is 5.32 Å². The second kappa shape index (κ2) is 8.05. The van der Waals surface area contributed by atoms with E-state index < -0.39 is 0 Å². The molecule has 0 fully saturated rings. The van der Waals surface area contributed by atoms with Crippen molar-refractivity contribution in [2.24, 2.45) is 0 Å². The zero-order valence-electron chi connectivity index (χ0n) is 11.9. The summed E-state index contributed by atoms with van der Waals surface area (Å²) in [5, 5.41) is 5.51. The SMILES string of the molecule is CCCNC(Cc1cccc(Cl)c1Cl)c1cccc(Cl)c1. The summed E-state index contributed by atoms with van der Waals surface area (Å²) in [6, 6.07) is 13.8. The van der Waals surface area contributed by atoms with Crippen LogP contribution in [0.15, 0.2) is 42.5 Å². The van der Waals surface area contributed by atoms with E-state index in [2.05, 4.69) is 18.3 Å². The van der Waals surface area contributed by atoms with Gasteiger partial charge in [0.15, 0.2) is 0 Å². The lowest BCUT2D eigenvalue weighted by molar-refractivity contribution is 0.529. The standard InChI is InChI=1S/C17H18Cl3N/c1-2-9-21-16(12-5-3-7-14(18)10-12)11-13-6-4-8-15(19)17(13)20/h3-8,10,16,21H,2,9,11H2,1H3. The van der Waals surface area contributed by atoms with Crippen LogP contribution in [0.25, 0.3) is 0 Å². The molecule has 0 aliphatic heterocycles.